The summed E-state index contributed by atoms with van der Waals surface area (Å²) < 4.78 is 10.3. The van der Waals surface area contributed by atoms with Gasteiger partial charge in [0, 0.05) is 9.92 Å². The van der Waals surface area contributed by atoms with Gasteiger partial charge in [-0.25, -0.2) is 0 Å². The van der Waals surface area contributed by atoms with E-state index in [1.807, 2.05) is 30.3 Å². The molecule has 122 valence electrons. The van der Waals surface area contributed by atoms with Crippen molar-refractivity contribution in [2.24, 2.45) is 0 Å². The second-order valence-electron chi connectivity index (χ2n) is 4.35. The van der Waals surface area contributed by atoms with Crippen LogP contribution >= 0.6 is 23.6 Å². The Kier molecular flexibility index (Phi) is 7.18. The van der Waals surface area contributed by atoms with Crippen LogP contribution in [0.3, 0.4) is 0 Å². The van der Waals surface area contributed by atoms with Crippen molar-refractivity contribution >= 4 is 29.6 Å². The molecular formula is C15H15ClN2O4S. The van der Waals surface area contributed by atoms with E-state index in [9.17, 15) is 4.79 Å². The van der Waals surface area contributed by atoms with E-state index < -0.39 is 12.0 Å². The highest BCUT2D eigenvalue weighted by molar-refractivity contribution is 7.94. The van der Waals surface area contributed by atoms with Crippen LogP contribution in [0.4, 0.5) is 0 Å². The first-order chi connectivity index (χ1) is 11.1. The maximum atomic E-state index is 11.8. The molecule has 6 nitrogen and oxygen atoms in total. The minimum Gasteiger partial charge on any atom is -0.481 e. The van der Waals surface area contributed by atoms with Crippen LogP contribution < -0.4 is 15.8 Å². The van der Waals surface area contributed by atoms with Crippen molar-refractivity contribution in [3.05, 3.63) is 59.6 Å². The number of rotatable bonds is 8. The third-order valence-corrected chi connectivity index (χ3v) is 3.47. The molecule has 0 radical (unpaired) electrons. The fourth-order valence-corrected chi connectivity index (χ4v) is 2.03. The largest absolute Gasteiger partial charge is 0.481 e. The van der Waals surface area contributed by atoms with Crippen LogP contribution in [0.15, 0.2) is 59.5 Å². The van der Waals surface area contributed by atoms with Gasteiger partial charge in [0.15, 0.2) is 6.10 Å². The Balaban J connectivity index is 1.63. The number of halogens is 1. The summed E-state index contributed by atoms with van der Waals surface area (Å²) in [5, 5.41) is 0.595. The van der Waals surface area contributed by atoms with E-state index in [0.29, 0.717) is 10.8 Å². The van der Waals surface area contributed by atoms with Gasteiger partial charge in [-0.2, -0.15) is 0 Å². The third kappa shape index (κ3) is 6.47. The summed E-state index contributed by atoms with van der Waals surface area (Å²) in [6, 6.07) is 16.1. The molecule has 0 spiro atoms. The predicted molar refractivity (Wildman–Crippen MR) is 87.3 cm³/mol. The van der Waals surface area contributed by atoms with Crippen LogP contribution in [0.5, 0.6) is 5.75 Å². The summed E-state index contributed by atoms with van der Waals surface area (Å²) in [6.45, 7) is 1.60. The Morgan fingerprint density at radius 1 is 1.13 bits per heavy atom. The summed E-state index contributed by atoms with van der Waals surface area (Å²) in [6.07, 6.45) is -0.728. The minimum atomic E-state index is -0.728. The van der Waals surface area contributed by atoms with Crippen LogP contribution in [0.25, 0.3) is 0 Å². The molecular weight excluding hydrogens is 340 g/mol. The summed E-state index contributed by atoms with van der Waals surface area (Å²) in [5.74, 6) is 0.113. The Labute approximate surface area is 143 Å². The van der Waals surface area contributed by atoms with Crippen LogP contribution in [-0.4, -0.2) is 12.0 Å². The van der Waals surface area contributed by atoms with E-state index in [1.54, 1.807) is 31.2 Å². The van der Waals surface area contributed by atoms with Crippen LogP contribution in [-0.2, 0) is 14.1 Å². The number of amides is 1. The summed E-state index contributed by atoms with van der Waals surface area (Å²) in [5.41, 5.74) is 4.49. The Hall–Kier alpha value is -1.77. The highest BCUT2D eigenvalue weighted by atomic mass is 35.5. The molecule has 0 saturated carbocycles. The van der Waals surface area contributed by atoms with Gasteiger partial charge in [0.25, 0.3) is 5.91 Å². The van der Waals surface area contributed by atoms with Crippen LogP contribution in [0, 0.1) is 0 Å². The molecule has 8 heteroatoms. The second-order valence-corrected chi connectivity index (χ2v) is 5.56. The zero-order chi connectivity index (χ0) is 16.5. The van der Waals surface area contributed by atoms with E-state index in [2.05, 4.69) is 16.0 Å². The number of nitrogens with one attached hydrogen (secondary N) is 2. The van der Waals surface area contributed by atoms with Gasteiger partial charge in [-0.15, -0.1) is 9.32 Å². The Bertz CT molecular complexity index is 613. The fourth-order valence-electron chi connectivity index (χ4n) is 1.49. The molecule has 0 aliphatic rings. The zero-order valence-electron chi connectivity index (χ0n) is 12.2. The van der Waals surface area contributed by atoms with Crippen molar-refractivity contribution in [1.29, 1.82) is 0 Å². The highest BCUT2D eigenvalue weighted by Crippen LogP contribution is 2.18. The molecule has 1 atom stereocenters. The van der Waals surface area contributed by atoms with Gasteiger partial charge >= 0.3 is 0 Å². The molecule has 2 aromatic rings. The summed E-state index contributed by atoms with van der Waals surface area (Å²) >= 11 is 6.78. The van der Waals surface area contributed by atoms with E-state index in [4.69, 9.17) is 20.7 Å². The maximum absolute atomic E-state index is 11.8. The lowest BCUT2D eigenvalue weighted by molar-refractivity contribution is -0.256. The molecule has 0 fully saturated rings. The normalized spacial score (nSPS) is 11.7. The maximum Gasteiger partial charge on any atom is 0.276 e. The smallest absolute Gasteiger partial charge is 0.276 e. The SMILES string of the molecule is CC(Oc1ccc(Cl)cc1)C(=O)NNOOSc1ccccc1. The van der Waals surface area contributed by atoms with Gasteiger partial charge in [0.2, 0.25) is 0 Å². The highest BCUT2D eigenvalue weighted by Gasteiger charge is 2.14. The molecule has 0 heterocycles. The Morgan fingerprint density at radius 2 is 1.83 bits per heavy atom. The fraction of sp³-hybridized carbons (Fsp3) is 0.133. The molecule has 0 bridgehead atoms. The summed E-state index contributed by atoms with van der Waals surface area (Å²) in [7, 11) is 0. The van der Waals surface area contributed by atoms with E-state index >= 15 is 0 Å². The predicted octanol–water partition coefficient (Wildman–Crippen LogP) is 3.30. The lowest BCUT2D eigenvalue weighted by atomic mass is 10.3. The number of carbonyl (C=O) groups excluding carboxylic acids is 1. The minimum absolute atomic E-state index is 0.423. The number of hydrazine groups is 1. The second kappa shape index (κ2) is 9.39. The molecule has 2 rings (SSSR count). The number of hydrogen-bond acceptors (Lipinski definition) is 6. The molecule has 2 N–H and O–H groups in total. The van der Waals surface area contributed by atoms with Gasteiger partial charge in [-0.3, -0.25) is 10.2 Å². The lowest BCUT2D eigenvalue weighted by Gasteiger charge is -2.14. The number of ether oxygens (including phenoxy) is 1. The van der Waals surface area contributed by atoms with E-state index in [0.717, 1.165) is 16.9 Å². The number of carbonyl (C=O) groups is 1. The molecule has 0 aromatic heterocycles. The zero-order valence-corrected chi connectivity index (χ0v) is 13.8. The average molecular weight is 355 g/mol. The first-order valence-corrected chi connectivity index (χ1v) is 7.79. The van der Waals surface area contributed by atoms with Crippen molar-refractivity contribution in [3.8, 4) is 5.75 Å². The molecule has 0 saturated heterocycles. The molecule has 1 amide bonds. The van der Waals surface area contributed by atoms with Gasteiger partial charge in [0.1, 0.15) is 5.75 Å². The van der Waals surface area contributed by atoms with Crippen molar-refractivity contribution in [2.45, 2.75) is 17.9 Å². The van der Waals surface area contributed by atoms with E-state index in [-0.39, 0.29) is 0 Å². The van der Waals surface area contributed by atoms with Crippen molar-refractivity contribution in [2.75, 3.05) is 0 Å². The number of hydrogen-bond donors (Lipinski definition) is 2. The van der Waals surface area contributed by atoms with Crippen LogP contribution in [0.2, 0.25) is 5.02 Å². The van der Waals surface area contributed by atoms with Crippen molar-refractivity contribution < 1.29 is 18.9 Å². The molecule has 0 aliphatic heterocycles. The van der Waals surface area contributed by atoms with Crippen molar-refractivity contribution in [1.82, 2.24) is 11.0 Å². The van der Waals surface area contributed by atoms with Crippen molar-refractivity contribution in [3.63, 3.8) is 0 Å². The standard InChI is InChI=1S/C15H15ClN2O4S/c1-11(20-13-9-7-12(16)8-10-13)15(19)17-18-21-22-23-14-5-3-2-4-6-14/h2-11,18H,1H3,(H,17,19). The van der Waals surface area contributed by atoms with Gasteiger partial charge < -0.3 is 4.74 Å². The monoisotopic (exact) mass is 354 g/mol. The summed E-state index contributed by atoms with van der Waals surface area (Å²) in [4.78, 5) is 17.3. The van der Waals surface area contributed by atoms with Gasteiger partial charge in [-0.1, -0.05) is 35.4 Å². The number of benzene rings is 2. The lowest BCUT2D eigenvalue weighted by Crippen LogP contribution is -2.44. The van der Waals surface area contributed by atoms with Gasteiger partial charge in [-0.05, 0) is 43.3 Å². The third-order valence-electron chi connectivity index (χ3n) is 2.62. The van der Waals surface area contributed by atoms with E-state index in [1.165, 1.54) is 0 Å². The molecule has 0 aliphatic carbocycles. The van der Waals surface area contributed by atoms with Crippen LogP contribution in [0.1, 0.15) is 6.92 Å². The Morgan fingerprint density at radius 3 is 2.52 bits per heavy atom. The molecule has 1 unspecified atom stereocenters. The molecule has 23 heavy (non-hydrogen) atoms. The first-order valence-electron chi connectivity index (χ1n) is 6.67. The topological polar surface area (TPSA) is 68.8 Å². The average Bonchev–Trinajstić information content (AvgIpc) is 2.57. The van der Waals surface area contributed by atoms with Gasteiger partial charge in [0.05, 0.1) is 12.0 Å². The first kappa shape index (κ1) is 17.6. The molecule has 2 aromatic carbocycles. The quantitative estimate of drug-likeness (QED) is 0.328.